The maximum atomic E-state index is 12.1. The molecular formula is C15H15N5O3S2. The Kier molecular flexibility index (Phi) is 5.19. The SMILES string of the molecule is CCn1c(SCC(=O)Nc2sccc2C(N)=O)nnc1-c1ccco1. The second kappa shape index (κ2) is 7.53. The van der Waals surface area contributed by atoms with Crippen LogP contribution < -0.4 is 11.1 Å². The summed E-state index contributed by atoms with van der Waals surface area (Å²) >= 11 is 2.51. The van der Waals surface area contributed by atoms with Crippen molar-refractivity contribution in [1.82, 2.24) is 14.8 Å². The van der Waals surface area contributed by atoms with Crippen LogP contribution in [0.15, 0.2) is 39.4 Å². The number of anilines is 1. The molecule has 0 aliphatic heterocycles. The molecule has 2 amide bonds. The largest absolute Gasteiger partial charge is 0.461 e. The normalized spacial score (nSPS) is 10.8. The maximum Gasteiger partial charge on any atom is 0.251 e. The molecule has 3 aromatic heterocycles. The average molecular weight is 377 g/mol. The molecule has 0 spiro atoms. The van der Waals surface area contributed by atoms with E-state index in [2.05, 4.69) is 15.5 Å². The first kappa shape index (κ1) is 17.2. The summed E-state index contributed by atoms with van der Waals surface area (Å²) in [6.07, 6.45) is 1.57. The number of amides is 2. The number of nitrogens with two attached hydrogens (primary N) is 1. The number of carbonyl (C=O) groups excluding carboxylic acids is 2. The number of primary amides is 1. The van der Waals surface area contributed by atoms with Gasteiger partial charge in [0.1, 0.15) is 5.00 Å². The van der Waals surface area contributed by atoms with Gasteiger partial charge >= 0.3 is 0 Å². The lowest BCUT2D eigenvalue weighted by atomic mass is 10.3. The van der Waals surface area contributed by atoms with Crippen molar-refractivity contribution in [3.05, 3.63) is 35.4 Å². The van der Waals surface area contributed by atoms with Crippen molar-refractivity contribution in [3.63, 3.8) is 0 Å². The van der Waals surface area contributed by atoms with Gasteiger partial charge in [-0.3, -0.25) is 14.2 Å². The summed E-state index contributed by atoms with van der Waals surface area (Å²) in [6, 6.07) is 5.17. The van der Waals surface area contributed by atoms with Gasteiger partial charge in [-0.05, 0) is 30.5 Å². The Balaban J connectivity index is 1.66. The molecule has 0 aromatic carbocycles. The second-order valence-electron chi connectivity index (χ2n) is 4.89. The second-order valence-corrected chi connectivity index (χ2v) is 6.75. The van der Waals surface area contributed by atoms with Crippen molar-refractivity contribution in [2.24, 2.45) is 5.73 Å². The number of carbonyl (C=O) groups is 2. The van der Waals surface area contributed by atoms with Crippen LogP contribution in [0.3, 0.4) is 0 Å². The summed E-state index contributed by atoms with van der Waals surface area (Å²) < 4.78 is 7.22. The zero-order valence-corrected chi connectivity index (χ0v) is 14.9. The zero-order chi connectivity index (χ0) is 17.8. The summed E-state index contributed by atoms with van der Waals surface area (Å²) in [6.45, 7) is 2.61. The van der Waals surface area contributed by atoms with Crippen LogP contribution in [0.25, 0.3) is 11.6 Å². The Morgan fingerprint density at radius 1 is 1.40 bits per heavy atom. The number of nitrogens with zero attached hydrogens (tertiary/aromatic N) is 3. The van der Waals surface area contributed by atoms with E-state index in [1.165, 1.54) is 23.1 Å². The molecule has 3 N–H and O–H groups in total. The molecular weight excluding hydrogens is 362 g/mol. The lowest BCUT2D eigenvalue weighted by Crippen LogP contribution is -2.18. The Morgan fingerprint density at radius 3 is 2.92 bits per heavy atom. The average Bonchev–Trinajstić information content (AvgIpc) is 3.32. The first-order valence-corrected chi connectivity index (χ1v) is 9.23. The summed E-state index contributed by atoms with van der Waals surface area (Å²) in [5, 5.41) is 13.7. The van der Waals surface area contributed by atoms with E-state index in [0.717, 1.165) is 0 Å². The van der Waals surface area contributed by atoms with E-state index in [-0.39, 0.29) is 11.7 Å². The van der Waals surface area contributed by atoms with Crippen LogP contribution in [-0.2, 0) is 11.3 Å². The van der Waals surface area contributed by atoms with Crippen molar-refractivity contribution in [2.75, 3.05) is 11.1 Å². The molecule has 0 aliphatic carbocycles. The van der Waals surface area contributed by atoms with Gasteiger partial charge in [-0.2, -0.15) is 0 Å². The predicted molar refractivity (Wildman–Crippen MR) is 95.6 cm³/mol. The number of hydrogen-bond donors (Lipinski definition) is 2. The molecule has 3 aromatic rings. The number of nitrogens with one attached hydrogen (secondary N) is 1. The summed E-state index contributed by atoms with van der Waals surface area (Å²) in [5.41, 5.74) is 5.57. The fraction of sp³-hybridized carbons (Fsp3) is 0.200. The van der Waals surface area contributed by atoms with E-state index in [9.17, 15) is 9.59 Å². The van der Waals surface area contributed by atoms with E-state index < -0.39 is 5.91 Å². The molecule has 0 unspecified atom stereocenters. The van der Waals surface area contributed by atoms with Crippen molar-refractivity contribution in [1.29, 1.82) is 0 Å². The minimum Gasteiger partial charge on any atom is -0.461 e. The first-order chi connectivity index (χ1) is 12.1. The van der Waals surface area contributed by atoms with Gasteiger partial charge in [0.2, 0.25) is 5.91 Å². The van der Waals surface area contributed by atoms with Crippen LogP contribution in [0, 0.1) is 0 Å². The number of thioether (sulfide) groups is 1. The molecule has 8 nitrogen and oxygen atoms in total. The molecule has 0 bridgehead atoms. The number of thiophene rings is 1. The number of hydrogen-bond acceptors (Lipinski definition) is 7. The third-order valence-corrected chi connectivity index (χ3v) is 5.09. The molecule has 130 valence electrons. The van der Waals surface area contributed by atoms with E-state index in [4.69, 9.17) is 10.2 Å². The standard InChI is InChI=1S/C15H15N5O3S2/c1-2-20-13(10-4-3-6-23-10)18-19-15(20)25-8-11(21)17-14-9(12(16)22)5-7-24-14/h3-7H,2,8H2,1H3,(H2,16,22)(H,17,21). The molecule has 0 atom stereocenters. The summed E-state index contributed by atoms with van der Waals surface area (Å²) in [7, 11) is 0. The molecule has 25 heavy (non-hydrogen) atoms. The minimum atomic E-state index is -0.571. The van der Waals surface area contributed by atoms with Crippen LogP contribution in [-0.4, -0.2) is 32.3 Å². The molecule has 0 aliphatic rings. The van der Waals surface area contributed by atoms with Crippen LogP contribution in [0.2, 0.25) is 0 Å². The highest BCUT2D eigenvalue weighted by atomic mass is 32.2. The van der Waals surface area contributed by atoms with E-state index >= 15 is 0 Å². The van der Waals surface area contributed by atoms with E-state index in [1.807, 2.05) is 11.5 Å². The third-order valence-electron chi connectivity index (χ3n) is 3.29. The van der Waals surface area contributed by atoms with Crippen molar-refractivity contribution in [3.8, 4) is 11.6 Å². The monoisotopic (exact) mass is 377 g/mol. The van der Waals surface area contributed by atoms with Gasteiger partial charge in [0.15, 0.2) is 16.7 Å². The van der Waals surface area contributed by atoms with Crippen molar-refractivity contribution < 1.29 is 14.0 Å². The van der Waals surface area contributed by atoms with Gasteiger partial charge in [0.25, 0.3) is 5.91 Å². The van der Waals surface area contributed by atoms with Gasteiger partial charge in [-0.1, -0.05) is 11.8 Å². The quantitative estimate of drug-likeness (QED) is 0.611. The topological polar surface area (TPSA) is 116 Å². The van der Waals surface area contributed by atoms with E-state index in [0.29, 0.717) is 33.9 Å². The number of furan rings is 1. The van der Waals surface area contributed by atoms with Crippen molar-refractivity contribution in [2.45, 2.75) is 18.6 Å². The Morgan fingerprint density at radius 2 is 2.24 bits per heavy atom. The maximum absolute atomic E-state index is 12.1. The minimum absolute atomic E-state index is 0.131. The Bertz CT molecular complexity index is 885. The number of aromatic nitrogens is 3. The summed E-state index contributed by atoms with van der Waals surface area (Å²) in [4.78, 5) is 23.4. The predicted octanol–water partition coefficient (Wildman–Crippen LogP) is 2.45. The fourth-order valence-corrected chi connectivity index (χ4v) is 3.77. The smallest absolute Gasteiger partial charge is 0.251 e. The summed E-state index contributed by atoms with van der Waals surface area (Å²) in [5.74, 6) is 0.546. The van der Waals surface area contributed by atoms with Gasteiger partial charge in [0, 0.05) is 6.54 Å². The Labute approximate surface area is 151 Å². The van der Waals surface area contributed by atoms with Gasteiger partial charge in [-0.15, -0.1) is 21.5 Å². The van der Waals surface area contributed by atoms with Crippen LogP contribution in [0.5, 0.6) is 0 Å². The Hall–Kier alpha value is -2.59. The van der Waals surface area contributed by atoms with Gasteiger partial charge in [-0.25, -0.2) is 0 Å². The molecule has 0 saturated carbocycles. The highest BCUT2D eigenvalue weighted by Crippen LogP contribution is 2.26. The van der Waals surface area contributed by atoms with Crippen LogP contribution in [0.1, 0.15) is 17.3 Å². The zero-order valence-electron chi connectivity index (χ0n) is 13.3. The van der Waals surface area contributed by atoms with Crippen LogP contribution >= 0.6 is 23.1 Å². The molecule has 0 radical (unpaired) electrons. The molecule has 3 heterocycles. The van der Waals surface area contributed by atoms with E-state index in [1.54, 1.807) is 29.8 Å². The lowest BCUT2D eigenvalue weighted by molar-refractivity contribution is -0.113. The lowest BCUT2D eigenvalue weighted by Gasteiger charge is -2.06. The van der Waals surface area contributed by atoms with Gasteiger partial charge in [0.05, 0.1) is 17.6 Å². The highest BCUT2D eigenvalue weighted by molar-refractivity contribution is 7.99. The first-order valence-electron chi connectivity index (χ1n) is 7.37. The molecule has 10 heteroatoms. The molecule has 0 fully saturated rings. The molecule has 3 rings (SSSR count). The molecule has 0 saturated heterocycles. The van der Waals surface area contributed by atoms with Gasteiger partial charge < -0.3 is 15.5 Å². The fourth-order valence-electron chi connectivity index (χ4n) is 2.16. The van der Waals surface area contributed by atoms with Crippen molar-refractivity contribution >= 4 is 39.9 Å². The van der Waals surface area contributed by atoms with Crippen LogP contribution in [0.4, 0.5) is 5.00 Å². The highest BCUT2D eigenvalue weighted by Gasteiger charge is 2.17. The number of rotatable bonds is 7. The third kappa shape index (κ3) is 3.74.